The van der Waals surface area contributed by atoms with E-state index in [4.69, 9.17) is 4.52 Å². The third-order valence-electron chi connectivity index (χ3n) is 3.07. The maximum absolute atomic E-state index is 5.14. The summed E-state index contributed by atoms with van der Waals surface area (Å²) < 4.78 is 5.14. The Morgan fingerprint density at radius 3 is 2.58 bits per heavy atom. The molecule has 0 aliphatic carbocycles. The van der Waals surface area contributed by atoms with E-state index < -0.39 is 0 Å². The molecule has 0 aliphatic rings. The lowest BCUT2D eigenvalue weighted by Crippen LogP contribution is -2.42. The van der Waals surface area contributed by atoms with E-state index in [-0.39, 0.29) is 24.0 Å². The largest absolute Gasteiger partial charge is 0.361 e. The van der Waals surface area contributed by atoms with E-state index >= 15 is 0 Å². The van der Waals surface area contributed by atoms with Crippen LogP contribution in [0.15, 0.2) is 9.52 Å². The van der Waals surface area contributed by atoms with E-state index in [1.54, 1.807) is 7.05 Å². The van der Waals surface area contributed by atoms with Crippen molar-refractivity contribution >= 4 is 29.9 Å². The van der Waals surface area contributed by atoms with Gasteiger partial charge in [0.2, 0.25) is 0 Å². The number of aromatic nitrogens is 1. The fourth-order valence-corrected chi connectivity index (χ4v) is 1.69. The number of nitrogens with one attached hydrogen (secondary N) is 2. The third kappa shape index (κ3) is 5.80. The summed E-state index contributed by atoms with van der Waals surface area (Å²) in [6, 6.07) is 0.426. The molecule has 0 radical (unpaired) electrons. The summed E-state index contributed by atoms with van der Waals surface area (Å²) in [4.78, 5) is 4.20. The number of guanidine groups is 1. The average molecular weight is 380 g/mol. The van der Waals surface area contributed by atoms with Crippen LogP contribution in [0.3, 0.4) is 0 Å². The predicted molar refractivity (Wildman–Crippen MR) is 89.3 cm³/mol. The van der Waals surface area contributed by atoms with Crippen molar-refractivity contribution in [2.24, 2.45) is 4.99 Å². The molecule has 2 N–H and O–H groups in total. The zero-order valence-electron chi connectivity index (χ0n) is 12.4. The van der Waals surface area contributed by atoms with Crippen LogP contribution >= 0.6 is 24.0 Å². The quantitative estimate of drug-likeness (QED) is 0.468. The molecule has 1 aromatic rings. The second-order valence-electron chi connectivity index (χ2n) is 4.51. The maximum Gasteiger partial charge on any atom is 0.191 e. The highest BCUT2D eigenvalue weighted by Crippen LogP contribution is 2.11. The van der Waals surface area contributed by atoms with Crippen LogP contribution in [-0.2, 0) is 6.42 Å². The first-order valence-electron chi connectivity index (χ1n) is 6.47. The number of nitrogens with zero attached hydrogens (tertiary/aromatic N) is 2. The molecule has 0 fully saturated rings. The third-order valence-corrected chi connectivity index (χ3v) is 3.07. The summed E-state index contributed by atoms with van der Waals surface area (Å²) in [6.45, 7) is 9.02. The summed E-state index contributed by atoms with van der Waals surface area (Å²) in [5, 5.41) is 10.6. The molecule has 1 rings (SSSR count). The lowest BCUT2D eigenvalue weighted by atomic mass is 10.1. The first-order valence-corrected chi connectivity index (χ1v) is 6.47. The molecular formula is C13H25IN4O. The van der Waals surface area contributed by atoms with Gasteiger partial charge in [0.25, 0.3) is 0 Å². The minimum absolute atomic E-state index is 0. The van der Waals surface area contributed by atoms with E-state index in [1.807, 2.05) is 13.8 Å². The SMILES string of the molecule is CCC(C)NC(=NC)NCCc1c(C)noc1C.I. The second kappa shape index (κ2) is 9.17. The van der Waals surface area contributed by atoms with Crippen molar-refractivity contribution in [3.63, 3.8) is 0 Å². The Labute approximate surface area is 132 Å². The topological polar surface area (TPSA) is 62.5 Å². The van der Waals surface area contributed by atoms with Crippen molar-refractivity contribution in [1.82, 2.24) is 15.8 Å². The van der Waals surface area contributed by atoms with Gasteiger partial charge >= 0.3 is 0 Å². The Bertz CT molecular complexity index is 384. The van der Waals surface area contributed by atoms with Crippen molar-refractivity contribution < 1.29 is 4.52 Å². The molecule has 0 spiro atoms. The number of aryl methyl sites for hydroxylation is 2. The summed E-state index contributed by atoms with van der Waals surface area (Å²) in [7, 11) is 1.79. The molecule has 0 aliphatic heterocycles. The average Bonchev–Trinajstić information content (AvgIpc) is 2.68. The molecule has 0 saturated carbocycles. The zero-order chi connectivity index (χ0) is 13.5. The van der Waals surface area contributed by atoms with E-state index in [9.17, 15) is 0 Å². The highest BCUT2D eigenvalue weighted by molar-refractivity contribution is 14.0. The lowest BCUT2D eigenvalue weighted by Gasteiger charge is -2.16. The van der Waals surface area contributed by atoms with Crippen molar-refractivity contribution in [2.45, 2.75) is 46.6 Å². The van der Waals surface area contributed by atoms with Gasteiger partial charge in [0.1, 0.15) is 5.76 Å². The molecule has 6 heteroatoms. The molecule has 0 saturated heterocycles. The minimum atomic E-state index is 0. The van der Waals surface area contributed by atoms with Crippen LogP contribution in [0.25, 0.3) is 0 Å². The first kappa shape index (κ1) is 18.2. The van der Waals surface area contributed by atoms with Gasteiger partial charge in [-0.1, -0.05) is 12.1 Å². The molecule has 1 aromatic heterocycles. The molecule has 0 bridgehead atoms. The maximum atomic E-state index is 5.14. The number of hydrogen-bond donors (Lipinski definition) is 2. The monoisotopic (exact) mass is 380 g/mol. The Balaban J connectivity index is 0.00000324. The number of rotatable bonds is 5. The lowest BCUT2D eigenvalue weighted by molar-refractivity contribution is 0.392. The van der Waals surface area contributed by atoms with Gasteiger partial charge in [-0.25, -0.2) is 0 Å². The smallest absolute Gasteiger partial charge is 0.191 e. The first-order chi connectivity index (χ1) is 8.58. The normalized spacial score (nSPS) is 12.8. The van der Waals surface area contributed by atoms with Gasteiger partial charge in [0.15, 0.2) is 5.96 Å². The van der Waals surface area contributed by atoms with E-state index in [1.165, 1.54) is 5.56 Å². The molecule has 110 valence electrons. The van der Waals surface area contributed by atoms with E-state index in [2.05, 4.69) is 34.6 Å². The van der Waals surface area contributed by atoms with Gasteiger partial charge in [-0.2, -0.15) is 0 Å². The summed E-state index contributed by atoms with van der Waals surface area (Å²) in [5.41, 5.74) is 2.15. The number of hydrogen-bond acceptors (Lipinski definition) is 3. The van der Waals surface area contributed by atoms with Crippen molar-refractivity contribution in [1.29, 1.82) is 0 Å². The van der Waals surface area contributed by atoms with Gasteiger partial charge in [-0.15, -0.1) is 24.0 Å². The molecule has 1 unspecified atom stereocenters. The predicted octanol–water partition coefficient (Wildman–Crippen LogP) is 2.42. The van der Waals surface area contributed by atoms with Crippen LogP contribution in [-0.4, -0.2) is 30.8 Å². The molecule has 0 aromatic carbocycles. The van der Waals surface area contributed by atoms with Crippen molar-refractivity contribution in [2.75, 3.05) is 13.6 Å². The van der Waals surface area contributed by atoms with Gasteiger partial charge in [-0.05, 0) is 33.6 Å². The molecule has 5 nitrogen and oxygen atoms in total. The van der Waals surface area contributed by atoms with Crippen LogP contribution in [0.2, 0.25) is 0 Å². The summed E-state index contributed by atoms with van der Waals surface area (Å²) >= 11 is 0. The van der Waals surface area contributed by atoms with Gasteiger partial charge in [0.05, 0.1) is 5.69 Å². The molecule has 19 heavy (non-hydrogen) atoms. The molecule has 1 heterocycles. The van der Waals surface area contributed by atoms with Gasteiger partial charge < -0.3 is 15.2 Å². The second-order valence-corrected chi connectivity index (χ2v) is 4.51. The Morgan fingerprint density at radius 2 is 2.11 bits per heavy atom. The van der Waals surface area contributed by atoms with Gasteiger partial charge in [0, 0.05) is 25.2 Å². The van der Waals surface area contributed by atoms with Crippen molar-refractivity contribution in [3.8, 4) is 0 Å². The van der Waals surface area contributed by atoms with Gasteiger partial charge in [-0.3, -0.25) is 4.99 Å². The van der Waals surface area contributed by atoms with E-state index in [0.717, 1.165) is 36.8 Å². The number of aliphatic imine (C=N–C) groups is 1. The minimum Gasteiger partial charge on any atom is -0.361 e. The number of halogens is 1. The van der Waals surface area contributed by atoms with Crippen LogP contribution < -0.4 is 10.6 Å². The van der Waals surface area contributed by atoms with Crippen LogP contribution in [0.5, 0.6) is 0 Å². The molecular weight excluding hydrogens is 355 g/mol. The Kier molecular flexibility index (Phi) is 8.79. The van der Waals surface area contributed by atoms with Crippen LogP contribution in [0.1, 0.15) is 37.3 Å². The van der Waals surface area contributed by atoms with Crippen molar-refractivity contribution in [3.05, 3.63) is 17.0 Å². The van der Waals surface area contributed by atoms with Crippen LogP contribution in [0, 0.1) is 13.8 Å². The summed E-state index contributed by atoms with van der Waals surface area (Å²) in [6.07, 6.45) is 1.97. The van der Waals surface area contributed by atoms with Crippen LogP contribution in [0.4, 0.5) is 0 Å². The zero-order valence-corrected chi connectivity index (χ0v) is 14.7. The highest BCUT2D eigenvalue weighted by atomic mass is 127. The molecule has 1 atom stereocenters. The fourth-order valence-electron chi connectivity index (χ4n) is 1.69. The Morgan fingerprint density at radius 1 is 1.42 bits per heavy atom. The highest BCUT2D eigenvalue weighted by Gasteiger charge is 2.09. The van der Waals surface area contributed by atoms with E-state index in [0.29, 0.717) is 6.04 Å². The fraction of sp³-hybridized carbons (Fsp3) is 0.692. The molecule has 0 amide bonds. The standard InChI is InChI=1S/C13H24N4O.HI/c1-6-9(2)16-13(14-5)15-8-7-12-10(3)17-18-11(12)4;/h9H,6-8H2,1-5H3,(H2,14,15,16);1H. The Hall–Kier alpha value is -0.790. The summed E-state index contributed by atoms with van der Waals surface area (Å²) in [5.74, 6) is 1.75.